The first-order valence-corrected chi connectivity index (χ1v) is 5.70. The zero-order valence-corrected chi connectivity index (χ0v) is 9.17. The second-order valence-corrected chi connectivity index (χ2v) is 4.64. The highest BCUT2D eigenvalue weighted by molar-refractivity contribution is 7.99. The number of ether oxygens (including phenoxy) is 1. The molecule has 0 saturated carbocycles. The lowest BCUT2D eigenvalue weighted by atomic mass is 9.95. The zero-order chi connectivity index (χ0) is 10.3. The summed E-state index contributed by atoms with van der Waals surface area (Å²) in [5.41, 5.74) is 1.19. The first-order valence-electron chi connectivity index (χ1n) is 4.89. The molecular weight excluding hydrogens is 203 g/mol. The average molecular weight is 212 g/mol. The fourth-order valence-electron chi connectivity index (χ4n) is 1.68. The molecule has 0 radical (unpaired) electrons. The Morgan fingerprint density at radius 1 is 0.933 bits per heavy atom. The second kappa shape index (κ2) is 3.35. The van der Waals surface area contributed by atoms with Gasteiger partial charge in [0.1, 0.15) is 19.3 Å². The number of benzene rings is 2. The van der Waals surface area contributed by atoms with E-state index in [4.69, 9.17) is 4.74 Å². The van der Waals surface area contributed by atoms with Crippen LogP contribution in [0.5, 0.6) is 11.5 Å². The molecule has 0 atom stereocenters. The number of hydrogen-bond acceptors (Lipinski definition) is 2. The minimum Gasteiger partial charge on any atom is -0.456 e. The van der Waals surface area contributed by atoms with Gasteiger partial charge in [0.25, 0.3) is 0 Å². The summed E-state index contributed by atoms with van der Waals surface area (Å²) < 4.78 is 5.89. The zero-order valence-electron chi connectivity index (χ0n) is 8.36. The predicted molar refractivity (Wildman–Crippen MR) is 65.3 cm³/mol. The Morgan fingerprint density at radius 3 is 2.67 bits per heavy atom. The smallest absolute Gasteiger partial charge is 0.144 e. The van der Waals surface area contributed by atoms with Crippen LogP contribution >= 0.6 is 11.8 Å². The number of fused-ring (bicyclic) bond motifs is 2. The fourth-order valence-corrected chi connectivity index (χ4v) is 2.72. The third kappa shape index (κ3) is 1.43. The molecule has 1 aliphatic heterocycles. The minimum atomic E-state index is 0.962. The van der Waals surface area contributed by atoms with E-state index in [0.29, 0.717) is 0 Å². The maximum absolute atomic E-state index is 5.89. The Kier molecular flexibility index (Phi) is 1.99. The van der Waals surface area contributed by atoms with Crippen LogP contribution in [0.1, 0.15) is 0 Å². The highest BCUT2D eigenvalue weighted by Crippen LogP contribution is 2.45. The third-order valence-electron chi connectivity index (χ3n) is 2.46. The summed E-state index contributed by atoms with van der Waals surface area (Å²) in [6.45, 7) is 0. The van der Waals surface area contributed by atoms with E-state index in [9.17, 15) is 0 Å². The van der Waals surface area contributed by atoms with E-state index >= 15 is 0 Å². The van der Waals surface area contributed by atoms with E-state index in [0.717, 1.165) is 11.5 Å². The van der Waals surface area contributed by atoms with Crippen LogP contribution in [0.3, 0.4) is 0 Å². The van der Waals surface area contributed by atoms with Gasteiger partial charge in [0.2, 0.25) is 0 Å². The predicted octanol–water partition coefficient (Wildman–Crippen LogP) is 2.20. The molecule has 0 N–H and O–H groups in total. The molecule has 1 aliphatic rings. The van der Waals surface area contributed by atoms with Gasteiger partial charge in [0.15, 0.2) is 0 Å². The van der Waals surface area contributed by atoms with Gasteiger partial charge in [-0.2, -0.15) is 0 Å². The number of rotatable bonds is 0. The molecule has 0 aromatic heterocycles. The molecule has 0 saturated heterocycles. The van der Waals surface area contributed by atoms with Crippen molar-refractivity contribution in [3.63, 3.8) is 0 Å². The van der Waals surface area contributed by atoms with Crippen molar-refractivity contribution in [2.75, 3.05) is 0 Å². The highest BCUT2D eigenvalue weighted by Gasteiger charge is 2.17. The topological polar surface area (TPSA) is 9.23 Å². The Hall–Kier alpha value is -1.35. The van der Waals surface area contributed by atoms with E-state index < -0.39 is 0 Å². The summed E-state index contributed by atoms with van der Waals surface area (Å²) in [7, 11) is 2.08. The van der Waals surface area contributed by atoms with E-state index in [2.05, 4.69) is 32.1 Å². The van der Waals surface area contributed by atoms with Crippen molar-refractivity contribution in [1.82, 2.24) is 0 Å². The summed E-state index contributed by atoms with van der Waals surface area (Å²) in [6, 6.07) is 14.4. The quantitative estimate of drug-likeness (QED) is 0.528. The molecule has 0 spiro atoms. The third-order valence-corrected chi connectivity index (χ3v) is 3.56. The van der Waals surface area contributed by atoms with Gasteiger partial charge in [0.05, 0.1) is 9.79 Å². The van der Waals surface area contributed by atoms with Crippen molar-refractivity contribution < 1.29 is 4.74 Å². The molecule has 3 rings (SSSR count). The minimum absolute atomic E-state index is 0.962. The maximum atomic E-state index is 5.89. The summed E-state index contributed by atoms with van der Waals surface area (Å²) in [5, 5.41) is 0. The van der Waals surface area contributed by atoms with E-state index in [1.165, 1.54) is 15.3 Å². The van der Waals surface area contributed by atoms with Crippen LogP contribution in [-0.2, 0) is 0 Å². The second-order valence-electron chi connectivity index (χ2n) is 3.55. The number of hydrogen-bond donors (Lipinski definition) is 0. The van der Waals surface area contributed by atoms with Gasteiger partial charge in [-0.15, -0.1) is 0 Å². The van der Waals surface area contributed by atoms with Crippen LogP contribution in [-0.4, -0.2) is 7.85 Å². The van der Waals surface area contributed by atoms with Crippen LogP contribution < -0.4 is 10.2 Å². The molecule has 2 aromatic carbocycles. The SMILES string of the molecule is Bc1cccc2c1Oc1ccccc1S2. The molecule has 0 fully saturated rings. The molecule has 2 aromatic rings. The van der Waals surface area contributed by atoms with Gasteiger partial charge in [-0.3, -0.25) is 0 Å². The van der Waals surface area contributed by atoms with Crippen LogP contribution in [0, 0.1) is 0 Å². The molecule has 1 heterocycles. The summed E-state index contributed by atoms with van der Waals surface area (Å²) >= 11 is 1.77. The summed E-state index contributed by atoms with van der Waals surface area (Å²) in [6.07, 6.45) is 0. The molecule has 1 nitrogen and oxygen atoms in total. The average Bonchev–Trinajstić information content (AvgIpc) is 2.27. The molecule has 3 heteroatoms. The van der Waals surface area contributed by atoms with Crippen molar-refractivity contribution in [3.05, 3.63) is 42.5 Å². The van der Waals surface area contributed by atoms with E-state index in [1.807, 2.05) is 18.2 Å². The standard InChI is InChI=1S/C12H9BOS/c13-8-4-3-7-11-12(8)14-9-5-1-2-6-10(9)15-11/h1-7H,13H2. The Labute approximate surface area is 93.9 Å². The van der Waals surface area contributed by atoms with Crippen molar-refractivity contribution in [2.24, 2.45) is 0 Å². The lowest BCUT2D eigenvalue weighted by Gasteiger charge is -2.20. The number of para-hydroxylation sites is 2. The highest BCUT2D eigenvalue weighted by atomic mass is 32.2. The van der Waals surface area contributed by atoms with E-state index in [-0.39, 0.29) is 0 Å². The summed E-state index contributed by atoms with van der Waals surface area (Å²) in [4.78, 5) is 2.39. The fraction of sp³-hybridized carbons (Fsp3) is 0. The largest absolute Gasteiger partial charge is 0.456 e. The normalized spacial score (nSPS) is 12.5. The lowest BCUT2D eigenvalue weighted by molar-refractivity contribution is 0.458. The van der Waals surface area contributed by atoms with E-state index in [1.54, 1.807) is 11.8 Å². The van der Waals surface area contributed by atoms with Gasteiger partial charge < -0.3 is 4.74 Å². The van der Waals surface area contributed by atoms with Gasteiger partial charge in [0, 0.05) is 0 Å². The Bertz CT molecular complexity index is 525. The van der Waals surface area contributed by atoms with Crippen LogP contribution in [0.15, 0.2) is 52.3 Å². The van der Waals surface area contributed by atoms with Gasteiger partial charge in [-0.1, -0.05) is 36.0 Å². The van der Waals surface area contributed by atoms with Crippen LogP contribution in [0.25, 0.3) is 0 Å². The summed E-state index contributed by atoms with van der Waals surface area (Å²) in [5.74, 6) is 1.96. The van der Waals surface area contributed by atoms with Crippen molar-refractivity contribution in [3.8, 4) is 11.5 Å². The van der Waals surface area contributed by atoms with Gasteiger partial charge in [-0.05, 0) is 23.7 Å². The molecule has 0 bridgehead atoms. The Balaban J connectivity index is 2.15. The molecule has 72 valence electrons. The van der Waals surface area contributed by atoms with Crippen molar-refractivity contribution in [2.45, 2.75) is 9.79 Å². The van der Waals surface area contributed by atoms with Gasteiger partial charge >= 0.3 is 0 Å². The molecule has 0 aliphatic carbocycles. The van der Waals surface area contributed by atoms with Crippen LogP contribution in [0.4, 0.5) is 0 Å². The first-order chi connectivity index (χ1) is 7.34. The maximum Gasteiger partial charge on any atom is 0.144 e. The van der Waals surface area contributed by atoms with Crippen molar-refractivity contribution in [1.29, 1.82) is 0 Å². The van der Waals surface area contributed by atoms with Crippen LogP contribution in [0.2, 0.25) is 0 Å². The molecule has 0 unspecified atom stereocenters. The lowest BCUT2D eigenvalue weighted by Crippen LogP contribution is -2.09. The molecular formula is C12H9BOS. The Morgan fingerprint density at radius 2 is 1.73 bits per heavy atom. The molecule has 0 amide bonds. The monoisotopic (exact) mass is 212 g/mol. The first kappa shape index (κ1) is 8.92. The molecule has 15 heavy (non-hydrogen) atoms. The van der Waals surface area contributed by atoms with Gasteiger partial charge in [-0.25, -0.2) is 0 Å². The van der Waals surface area contributed by atoms with Crippen molar-refractivity contribution >= 4 is 25.1 Å².